The van der Waals surface area contributed by atoms with Gasteiger partial charge < -0.3 is 15.6 Å². The number of ketones is 1. The highest BCUT2D eigenvalue weighted by atomic mass is 16.5. The minimum Gasteiger partial charge on any atom is -0.493 e. The Morgan fingerprint density at radius 1 is 0.882 bits per heavy atom. The number of nitrogens with two attached hydrogens (primary N) is 1. The minimum absolute atomic E-state index is 0.0741. The van der Waals surface area contributed by atoms with Gasteiger partial charge in [0, 0.05) is 29.7 Å². The highest BCUT2D eigenvalue weighted by Gasteiger charge is 2.19. The Balaban J connectivity index is 2.41. The maximum atomic E-state index is 13.1. The van der Waals surface area contributed by atoms with E-state index in [1.165, 1.54) is 12.8 Å². The summed E-state index contributed by atoms with van der Waals surface area (Å²) >= 11 is 0. The van der Waals surface area contributed by atoms with Gasteiger partial charge in [-0.25, -0.2) is 0 Å². The van der Waals surface area contributed by atoms with Crippen LogP contribution in [0.3, 0.4) is 0 Å². The van der Waals surface area contributed by atoms with E-state index in [2.05, 4.69) is 13.8 Å². The van der Waals surface area contributed by atoms with Crippen LogP contribution in [0.1, 0.15) is 98.7 Å². The zero-order valence-corrected chi connectivity index (χ0v) is 21.3. The number of hydrogen-bond donors (Lipinski definition) is 2. The van der Waals surface area contributed by atoms with E-state index in [1.54, 1.807) is 0 Å². The zero-order chi connectivity index (χ0) is 25.1. The summed E-state index contributed by atoms with van der Waals surface area (Å²) in [5.74, 6) is -0.00756. The van der Waals surface area contributed by atoms with Gasteiger partial charge in [-0.2, -0.15) is 0 Å². The Bertz CT molecular complexity index is 981. The third-order valence-electron chi connectivity index (χ3n) is 6.48. The lowest BCUT2D eigenvalue weighted by Crippen LogP contribution is -2.08. The van der Waals surface area contributed by atoms with E-state index in [-0.39, 0.29) is 12.2 Å². The molecule has 0 spiro atoms. The van der Waals surface area contributed by atoms with Crippen molar-refractivity contribution in [2.24, 2.45) is 0 Å². The Morgan fingerprint density at radius 3 is 2.26 bits per heavy atom. The van der Waals surface area contributed by atoms with Gasteiger partial charge in [0.25, 0.3) is 0 Å². The van der Waals surface area contributed by atoms with Crippen molar-refractivity contribution in [3.63, 3.8) is 0 Å². The van der Waals surface area contributed by atoms with Gasteiger partial charge in [-0.05, 0) is 67.5 Å². The second-order valence-corrected chi connectivity index (χ2v) is 9.15. The molecule has 34 heavy (non-hydrogen) atoms. The summed E-state index contributed by atoms with van der Waals surface area (Å²) in [4.78, 5) is 24.1. The van der Waals surface area contributed by atoms with E-state index >= 15 is 0 Å². The molecule has 0 saturated carbocycles. The van der Waals surface area contributed by atoms with E-state index in [1.807, 2.05) is 38.1 Å². The number of unbranched alkanes of at least 4 members (excludes halogenated alkanes) is 5. The standard InChI is InChI=1S/C29H41NO4/c1-5-7-9-10-11-12-26(31)25-19-24(20(3)21(4)29(25)30)23-15-13-22(14-16-28(32)33)18-27(23)34-17-8-6-2/h13,15,18-19H,5-12,14,16-17,30H2,1-4H3,(H,32,33). The number of benzene rings is 2. The number of nitrogen functional groups attached to an aromatic ring is 1. The van der Waals surface area contributed by atoms with Gasteiger partial charge in [-0.3, -0.25) is 9.59 Å². The number of carboxylic acids is 1. The summed E-state index contributed by atoms with van der Waals surface area (Å²) in [7, 11) is 0. The van der Waals surface area contributed by atoms with Crippen LogP contribution in [0, 0.1) is 13.8 Å². The van der Waals surface area contributed by atoms with E-state index < -0.39 is 5.97 Å². The summed E-state index contributed by atoms with van der Waals surface area (Å²) < 4.78 is 6.14. The molecule has 0 saturated heterocycles. The summed E-state index contributed by atoms with van der Waals surface area (Å²) in [5.41, 5.74) is 12.3. The fourth-order valence-corrected chi connectivity index (χ4v) is 4.11. The zero-order valence-electron chi connectivity index (χ0n) is 21.3. The van der Waals surface area contributed by atoms with Crippen LogP contribution < -0.4 is 10.5 Å². The summed E-state index contributed by atoms with van der Waals surface area (Å²) in [6, 6.07) is 7.79. The Morgan fingerprint density at radius 2 is 1.59 bits per heavy atom. The Kier molecular flexibility index (Phi) is 11.1. The van der Waals surface area contributed by atoms with Gasteiger partial charge in [0.05, 0.1) is 6.61 Å². The fraction of sp³-hybridized carbons (Fsp3) is 0.517. The van der Waals surface area contributed by atoms with Gasteiger partial charge in [-0.15, -0.1) is 0 Å². The summed E-state index contributed by atoms with van der Waals surface area (Å²) in [5, 5.41) is 9.05. The lowest BCUT2D eigenvalue weighted by molar-refractivity contribution is -0.136. The van der Waals surface area contributed by atoms with Crippen molar-refractivity contribution < 1.29 is 19.4 Å². The molecule has 0 fully saturated rings. The molecule has 2 rings (SSSR count). The Labute approximate surface area is 204 Å². The molecule has 0 aliphatic carbocycles. The molecule has 0 aliphatic rings. The van der Waals surface area contributed by atoms with Crippen molar-refractivity contribution in [3.05, 3.63) is 46.5 Å². The molecule has 3 N–H and O–H groups in total. The van der Waals surface area contributed by atoms with Crippen LogP contribution in [0.5, 0.6) is 5.75 Å². The first kappa shape index (κ1) is 27.4. The minimum atomic E-state index is -0.819. The predicted molar refractivity (Wildman–Crippen MR) is 140 cm³/mol. The van der Waals surface area contributed by atoms with Gasteiger partial charge in [0.1, 0.15) is 5.75 Å². The number of rotatable bonds is 15. The first-order valence-electron chi connectivity index (χ1n) is 12.7. The molecule has 0 heterocycles. The second-order valence-electron chi connectivity index (χ2n) is 9.15. The average molecular weight is 468 g/mol. The monoisotopic (exact) mass is 467 g/mol. The molecule has 0 amide bonds. The molecule has 0 aliphatic heterocycles. The predicted octanol–water partition coefficient (Wildman–Crippen LogP) is 7.29. The van der Waals surface area contributed by atoms with Crippen LogP contribution in [0.4, 0.5) is 5.69 Å². The number of carbonyl (C=O) groups excluding carboxylic acids is 1. The first-order chi connectivity index (χ1) is 16.3. The largest absolute Gasteiger partial charge is 0.493 e. The molecule has 5 nitrogen and oxygen atoms in total. The smallest absolute Gasteiger partial charge is 0.303 e. The second kappa shape index (κ2) is 13.8. The highest BCUT2D eigenvalue weighted by molar-refractivity contribution is 6.03. The van der Waals surface area contributed by atoms with Crippen LogP contribution in [0.2, 0.25) is 0 Å². The molecule has 5 heteroatoms. The maximum absolute atomic E-state index is 13.1. The van der Waals surface area contributed by atoms with Crippen LogP contribution in [-0.4, -0.2) is 23.5 Å². The molecule has 0 unspecified atom stereocenters. The fourth-order valence-electron chi connectivity index (χ4n) is 4.11. The molecular weight excluding hydrogens is 426 g/mol. The third kappa shape index (κ3) is 7.61. The van der Waals surface area contributed by atoms with E-state index in [0.29, 0.717) is 30.7 Å². The number of Topliss-reactive ketones (excluding diaryl/α,β-unsaturated/α-hetero) is 1. The molecule has 0 radical (unpaired) electrons. The van der Waals surface area contributed by atoms with Crippen LogP contribution in [0.15, 0.2) is 24.3 Å². The molecule has 0 bridgehead atoms. The van der Waals surface area contributed by atoms with Gasteiger partial charge in [-0.1, -0.05) is 58.1 Å². The molecule has 2 aromatic rings. The van der Waals surface area contributed by atoms with Crippen LogP contribution in [0.25, 0.3) is 11.1 Å². The molecular formula is C29H41NO4. The lowest BCUT2D eigenvalue weighted by Gasteiger charge is -2.19. The quantitative estimate of drug-likeness (QED) is 0.163. The molecule has 186 valence electrons. The lowest BCUT2D eigenvalue weighted by atomic mass is 9.89. The number of hydrogen-bond acceptors (Lipinski definition) is 4. The number of aryl methyl sites for hydroxylation is 1. The molecule has 0 aromatic heterocycles. The number of anilines is 1. The molecule has 2 aromatic carbocycles. The van der Waals surface area contributed by atoms with Gasteiger partial charge >= 0.3 is 5.97 Å². The highest BCUT2D eigenvalue weighted by Crippen LogP contribution is 2.38. The van der Waals surface area contributed by atoms with Crippen LogP contribution >= 0.6 is 0 Å². The Hall–Kier alpha value is -2.82. The van der Waals surface area contributed by atoms with Crippen molar-refractivity contribution in [1.82, 2.24) is 0 Å². The van der Waals surface area contributed by atoms with Crippen molar-refractivity contribution in [3.8, 4) is 16.9 Å². The number of aliphatic carboxylic acids is 1. The normalized spacial score (nSPS) is 10.9. The molecule has 0 atom stereocenters. The van der Waals surface area contributed by atoms with Crippen molar-refractivity contribution in [1.29, 1.82) is 0 Å². The van der Waals surface area contributed by atoms with E-state index in [0.717, 1.165) is 65.7 Å². The van der Waals surface area contributed by atoms with E-state index in [4.69, 9.17) is 15.6 Å². The SMILES string of the molecule is CCCCCCCC(=O)c1cc(-c2ccc(CCC(=O)O)cc2OCCCC)c(C)c(C)c1N. The maximum Gasteiger partial charge on any atom is 0.303 e. The topological polar surface area (TPSA) is 89.6 Å². The van der Waals surface area contributed by atoms with Gasteiger partial charge in [0.2, 0.25) is 0 Å². The van der Waals surface area contributed by atoms with E-state index in [9.17, 15) is 9.59 Å². The van der Waals surface area contributed by atoms with Crippen LogP contribution in [-0.2, 0) is 11.2 Å². The van der Waals surface area contributed by atoms with Crippen molar-refractivity contribution >= 4 is 17.4 Å². The number of ether oxygens (including phenoxy) is 1. The first-order valence-corrected chi connectivity index (χ1v) is 12.7. The summed E-state index contributed by atoms with van der Waals surface area (Å²) in [6.45, 7) is 8.87. The number of carbonyl (C=O) groups is 2. The van der Waals surface area contributed by atoms with Crippen molar-refractivity contribution in [2.45, 2.75) is 91.9 Å². The average Bonchev–Trinajstić information content (AvgIpc) is 2.81. The number of carboxylic acid groups (broad SMARTS) is 1. The van der Waals surface area contributed by atoms with Gasteiger partial charge in [0.15, 0.2) is 5.78 Å². The summed E-state index contributed by atoms with van der Waals surface area (Å²) in [6.07, 6.45) is 8.45. The third-order valence-corrected chi connectivity index (χ3v) is 6.48. The van der Waals surface area contributed by atoms with Crippen molar-refractivity contribution in [2.75, 3.05) is 12.3 Å².